The molecule has 1 N–H and O–H groups in total. The number of carbonyl (C=O) groups is 1. The summed E-state index contributed by atoms with van der Waals surface area (Å²) < 4.78 is 0. The van der Waals surface area contributed by atoms with Gasteiger partial charge in [-0.3, -0.25) is 4.79 Å². The van der Waals surface area contributed by atoms with E-state index in [1.54, 1.807) is 7.05 Å². The average molecular weight is 268 g/mol. The van der Waals surface area contributed by atoms with Crippen LogP contribution in [0.15, 0.2) is 0 Å². The van der Waals surface area contributed by atoms with E-state index >= 15 is 0 Å². The van der Waals surface area contributed by atoms with Gasteiger partial charge in [-0.25, -0.2) is 0 Å². The van der Waals surface area contributed by atoms with Gasteiger partial charge in [0.05, 0.1) is 0 Å². The van der Waals surface area contributed by atoms with Crippen LogP contribution < -0.4 is 56.8 Å². The van der Waals surface area contributed by atoms with Gasteiger partial charge < -0.3 is 10.9 Å². The monoisotopic (exact) mass is 268 g/mol. The van der Waals surface area contributed by atoms with E-state index in [2.05, 4.69) is 31.6 Å². The van der Waals surface area contributed by atoms with Crippen LogP contribution in [0.2, 0.25) is 0 Å². The van der Waals surface area contributed by atoms with Crippen molar-refractivity contribution in [2.75, 3.05) is 7.05 Å². The number of hydrogen-bond donors (Lipinski definition) is 1. The average Bonchev–Trinajstić information content (AvgIpc) is 2.20. The first-order valence-electron chi connectivity index (χ1n) is 6.14. The summed E-state index contributed by atoms with van der Waals surface area (Å²) in [6.07, 6.45) is 1.95. The zero-order chi connectivity index (χ0) is 13.4. The largest absolute Gasteiger partial charge is 1.00 e. The summed E-state index contributed by atoms with van der Waals surface area (Å²) in [4.78, 5) is 11.7. The quantitative estimate of drug-likeness (QED) is 0.584. The third kappa shape index (κ3) is 10.7. The van der Waals surface area contributed by atoms with Gasteiger partial charge in [0, 0.05) is 5.41 Å². The van der Waals surface area contributed by atoms with Crippen LogP contribution in [-0.4, -0.2) is 13.0 Å². The normalized spacial score (nSPS) is 10.8. The minimum Gasteiger partial charge on any atom is -0.571 e. The van der Waals surface area contributed by atoms with Crippen LogP contribution in [0.1, 0.15) is 61.3 Å². The topological polar surface area (TPSA) is 43.2 Å². The molecule has 0 saturated heterocycles. The van der Waals surface area contributed by atoms with E-state index in [1.165, 1.54) is 0 Å². The molecule has 0 bridgehead atoms. The second-order valence-corrected chi connectivity index (χ2v) is 5.24. The SMILES string of the molecule is CC.CCC(C)(C)CC(C)(C)C(=O)N[N-]C.[K+]. The molecule has 98 valence electrons. The molecule has 0 unspecified atom stereocenters. The maximum absolute atomic E-state index is 11.7. The zero-order valence-electron chi connectivity index (χ0n) is 13.3. The van der Waals surface area contributed by atoms with Crippen molar-refractivity contribution in [2.24, 2.45) is 10.8 Å². The first-order valence-corrected chi connectivity index (χ1v) is 6.14. The summed E-state index contributed by atoms with van der Waals surface area (Å²) in [5.74, 6) is 0.00141. The Morgan fingerprint density at radius 2 is 1.59 bits per heavy atom. The Balaban J connectivity index is -0.000000616. The van der Waals surface area contributed by atoms with Gasteiger partial charge in [-0.2, -0.15) is 0 Å². The second kappa shape index (κ2) is 10.9. The first kappa shape index (κ1) is 23.2. The minimum absolute atomic E-state index is 0. The molecule has 0 aliphatic carbocycles. The predicted molar refractivity (Wildman–Crippen MR) is 71.2 cm³/mol. The maximum atomic E-state index is 11.7. The van der Waals surface area contributed by atoms with Crippen molar-refractivity contribution in [1.29, 1.82) is 0 Å². The summed E-state index contributed by atoms with van der Waals surface area (Å²) in [5, 5.41) is 0. The molecule has 1 amide bonds. The maximum Gasteiger partial charge on any atom is 1.00 e. The smallest absolute Gasteiger partial charge is 0.571 e. The minimum atomic E-state index is -0.348. The van der Waals surface area contributed by atoms with E-state index in [1.807, 2.05) is 27.7 Å². The Kier molecular flexibility index (Phi) is 14.9. The third-order valence-corrected chi connectivity index (χ3v) is 2.71. The number of hydrogen-bond acceptors (Lipinski definition) is 1. The Labute approximate surface area is 150 Å². The number of amides is 1. The van der Waals surface area contributed by atoms with Gasteiger partial charge in [0.1, 0.15) is 0 Å². The number of nitrogens with one attached hydrogen (secondary N) is 1. The molecular weight excluding hydrogens is 239 g/mol. The molecule has 0 aliphatic rings. The summed E-state index contributed by atoms with van der Waals surface area (Å²) >= 11 is 0. The van der Waals surface area contributed by atoms with Gasteiger partial charge in [0.25, 0.3) is 0 Å². The van der Waals surface area contributed by atoms with Crippen LogP contribution in [0.4, 0.5) is 0 Å². The van der Waals surface area contributed by atoms with Crippen molar-refractivity contribution in [3.63, 3.8) is 0 Å². The fraction of sp³-hybridized carbons (Fsp3) is 0.923. The van der Waals surface area contributed by atoms with E-state index in [4.69, 9.17) is 0 Å². The molecule has 0 atom stereocenters. The molecule has 0 aromatic rings. The molecule has 0 fully saturated rings. The van der Waals surface area contributed by atoms with Crippen molar-refractivity contribution >= 4 is 5.91 Å². The molecule has 4 heteroatoms. The summed E-state index contributed by atoms with van der Waals surface area (Å²) in [6.45, 7) is 14.4. The van der Waals surface area contributed by atoms with E-state index < -0.39 is 0 Å². The van der Waals surface area contributed by atoms with Crippen LogP contribution in [0, 0.1) is 10.8 Å². The Morgan fingerprint density at radius 3 is 1.88 bits per heavy atom. The van der Waals surface area contributed by atoms with Gasteiger partial charge in [-0.1, -0.05) is 54.9 Å². The summed E-state index contributed by atoms with van der Waals surface area (Å²) in [7, 11) is 1.58. The summed E-state index contributed by atoms with van der Waals surface area (Å²) in [5.41, 5.74) is 6.03. The van der Waals surface area contributed by atoms with Crippen molar-refractivity contribution in [2.45, 2.75) is 61.3 Å². The van der Waals surface area contributed by atoms with Crippen LogP contribution >= 0.6 is 0 Å². The van der Waals surface area contributed by atoms with Crippen LogP contribution in [0.25, 0.3) is 5.43 Å². The van der Waals surface area contributed by atoms with E-state index in [9.17, 15) is 4.79 Å². The van der Waals surface area contributed by atoms with Gasteiger partial charge in [-0.05, 0) is 11.8 Å². The molecule has 0 rings (SSSR count). The fourth-order valence-corrected chi connectivity index (χ4v) is 1.65. The molecule has 17 heavy (non-hydrogen) atoms. The van der Waals surface area contributed by atoms with Crippen LogP contribution in [0.3, 0.4) is 0 Å². The third-order valence-electron chi connectivity index (χ3n) is 2.71. The van der Waals surface area contributed by atoms with Crippen molar-refractivity contribution < 1.29 is 56.2 Å². The number of rotatable bonds is 5. The van der Waals surface area contributed by atoms with Crippen molar-refractivity contribution in [3.05, 3.63) is 5.43 Å². The molecular formula is C13H29KN2O. The van der Waals surface area contributed by atoms with Crippen LogP contribution in [-0.2, 0) is 4.79 Å². The molecule has 0 aromatic carbocycles. The molecule has 0 aromatic heterocycles. The van der Waals surface area contributed by atoms with Gasteiger partial charge >= 0.3 is 51.4 Å². The van der Waals surface area contributed by atoms with Crippen LogP contribution in [0.5, 0.6) is 0 Å². The Hall–Kier alpha value is 1.07. The number of carbonyl (C=O) groups excluding carboxylic acids is 1. The molecule has 0 heterocycles. The standard InChI is InChI=1S/C11H23N2O.C2H6.K/c1-7-10(2,3)8-11(4,5)9(14)13-12-6;1-2;/h7-8H2,1-6H3,(H,13,14);1-2H3;/q-1;;+1. The Morgan fingerprint density at radius 1 is 1.18 bits per heavy atom. The fourth-order valence-electron chi connectivity index (χ4n) is 1.65. The molecule has 0 spiro atoms. The molecule has 0 saturated carbocycles. The zero-order valence-corrected chi connectivity index (χ0v) is 16.4. The molecule has 0 radical (unpaired) electrons. The molecule has 3 nitrogen and oxygen atoms in total. The van der Waals surface area contributed by atoms with Gasteiger partial charge in [-0.15, -0.1) is 7.05 Å². The van der Waals surface area contributed by atoms with E-state index in [0.29, 0.717) is 0 Å². The van der Waals surface area contributed by atoms with Gasteiger partial charge in [0.15, 0.2) is 0 Å². The van der Waals surface area contributed by atoms with Crippen molar-refractivity contribution in [3.8, 4) is 0 Å². The first-order chi connectivity index (χ1) is 7.25. The molecule has 0 aliphatic heterocycles. The second-order valence-electron chi connectivity index (χ2n) is 5.24. The van der Waals surface area contributed by atoms with E-state index in [-0.39, 0.29) is 68.1 Å². The Bertz CT molecular complexity index is 204. The van der Waals surface area contributed by atoms with Crippen molar-refractivity contribution in [1.82, 2.24) is 5.43 Å². The van der Waals surface area contributed by atoms with E-state index in [0.717, 1.165) is 12.8 Å². The summed E-state index contributed by atoms with van der Waals surface area (Å²) in [6, 6.07) is 0. The number of nitrogens with zero attached hydrogens (tertiary/aromatic N) is 1. The predicted octanol–water partition coefficient (Wildman–Crippen LogP) is 0.904. The van der Waals surface area contributed by atoms with Gasteiger partial charge in [0.2, 0.25) is 5.91 Å².